The summed E-state index contributed by atoms with van der Waals surface area (Å²) >= 11 is 27.3. The topological polar surface area (TPSA) is 60.4 Å². The number of rotatable bonds is 0. The summed E-state index contributed by atoms with van der Waals surface area (Å²) in [7, 11) is 0. The number of hydrogen-bond donors (Lipinski definition) is 0. The van der Waals surface area contributed by atoms with Crippen LogP contribution in [-0.2, 0) is 0 Å². The number of fused-ring (bicyclic) bond motifs is 2. The number of halogens is 4. The van der Waals surface area contributed by atoms with E-state index in [1.807, 2.05) is 0 Å². The van der Waals surface area contributed by atoms with E-state index >= 15 is 0 Å². The third-order valence-corrected chi connectivity index (χ3v) is 7.78. The molecule has 164 valence electrons. The van der Waals surface area contributed by atoms with E-state index in [1.54, 1.807) is 12.1 Å². The van der Waals surface area contributed by atoms with Gasteiger partial charge in [0.1, 0.15) is 10.8 Å². The highest BCUT2D eigenvalue weighted by Crippen LogP contribution is 2.51. The van der Waals surface area contributed by atoms with E-state index in [0.717, 1.165) is 10.8 Å². The summed E-state index contributed by atoms with van der Waals surface area (Å²) in [5.74, 6) is 0. The van der Waals surface area contributed by atoms with E-state index in [9.17, 15) is 9.59 Å². The molecule has 4 nitrogen and oxygen atoms in total. The van der Waals surface area contributed by atoms with Gasteiger partial charge in [-0.25, -0.2) is 9.59 Å². The van der Waals surface area contributed by atoms with E-state index in [2.05, 4.69) is 13.2 Å². The molecule has 7 rings (SSSR count). The molecule has 0 bridgehead atoms. The average Bonchev–Trinajstić information content (AvgIpc) is 2.77. The van der Waals surface area contributed by atoms with Crippen LogP contribution in [0.5, 0.6) is 0 Å². The van der Waals surface area contributed by atoms with Crippen molar-refractivity contribution in [3.8, 4) is 0 Å². The van der Waals surface area contributed by atoms with Gasteiger partial charge < -0.3 is 8.83 Å². The first-order valence-electron chi connectivity index (χ1n) is 10.00. The molecule has 0 unspecified atom stereocenters. The van der Waals surface area contributed by atoms with Crippen molar-refractivity contribution >= 4 is 124 Å². The molecule has 0 N–H and O–H groups in total. The zero-order chi connectivity index (χ0) is 23.8. The first kappa shape index (κ1) is 20.4. The van der Waals surface area contributed by atoms with Crippen LogP contribution in [0.3, 0.4) is 0 Å². The summed E-state index contributed by atoms with van der Waals surface area (Å²) in [6, 6.07) is 6.50. The highest BCUT2D eigenvalue weighted by atomic mass is 35.5. The Bertz CT molecular complexity index is 1980. The fourth-order valence-electron chi connectivity index (χ4n) is 5.33. The smallest absolute Gasteiger partial charge is 0.346 e. The van der Waals surface area contributed by atoms with Crippen LogP contribution in [0.1, 0.15) is 0 Å². The van der Waals surface area contributed by atoms with Gasteiger partial charge in [-0.1, -0.05) is 59.6 Å². The van der Waals surface area contributed by atoms with Crippen molar-refractivity contribution < 1.29 is 8.83 Å². The highest BCUT2D eigenvalue weighted by molar-refractivity contribution is 6.56. The molecule has 0 aliphatic carbocycles. The van der Waals surface area contributed by atoms with Crippen LogP contribution >= 0.6 is 46.4 Å². The number of hydrogen-bond acceptors (Lipinski definition) is 4. The molecular formula is C26H8Cl4O4. The molecule has 7 aromatic rings. The Kier molecular flexibility index (Phi) is 3.80. The van der Waals surface area contributed by atoms with Crippen molar-refractivity contribution in [3.63, 3.8) is 0 Å². The van der Waals surface area contributed by atoms with Crippen molar-refractivity contribution in [3.05, 3.63) is 76.0 Å². The Morgan fingerprint density at radius 1 is 0.471 bits per heavy atom. The largest absolute Gasteiger partial charge is 0.457 e. The van der Waals surface area contributed by atoms with Crippen molar-refractivity contribution in [1.82, 2.24) is 0 Å². The second-order valence-electron chi connectivity index (χ2n) is 8.25. The lowest BCUT2D eigenvalue weighted by atomic mass is 9.86. The first-order chi connectivity index (χ1) is 16.2. The molecule has 0 amide bonds. The van der Waals surface area contributed by atoms with Crippen LogP contribution in [-0.4, -0.2) is 0 Å². The minimum atomic E-state index is -0.780. The third kappa shape index (κ3) is 2.22. The second kappa shape index (κ2) is 6.35. The lowest BCUT2D eigenvalue weighted by Gasteiger charge is -2.21. The molecule has 0 aliphatic heterocycles. The molecular weight excluding hydrogens is 518 g/mol. The zero-order valence-electron chi connectivity index (χ0n) is 16.9. The summed E-state index contributed by atoms with van der Waals surface area (Å²) < 4.78 is 10.7. The monoisotopic (exact) mass is 524 g/mol. The zero-order valence-corrected chi connectivity index (χ0v) is 19.9. The van der Waals surface area contributed by atoms with Gasteiger partial charge in [0.2, 0.25) is 0 Å². The molecule has 0 radical (unpaired) electrons. The summed E-state index contributed by atoms with van der Waals surface area (Å²) in [5, 5.41) is 7.83. The van der Waals surface area contributed by atoms with Gasteiger partial charge in [0.05, 0.1) is 10.8 Å². The molecule has 0 fully saturated rings. The van der Waals surface area contributed by atoms with E-state index < -0.39 is 11.3 Å². The predicted octanol–water partition coefficient (Wildman–Crippen LogP) is 6.82. The van der Waals surface area contributed by atoms with E-state index in [0.29, 0.717) is 64.0 Å². The Morgan fingerprint density at radius 2 is 0.794 bits per heavy atom. The fraction of sp³-hybridized carbons (Fsp3) is 0. The molecule has 0 atom stereocenters. The van der Waals surface area contributed by atoms with Gasteiger partial charge >= 0.3 is 11.3 Å². The van der Waals surface area contributed by atoms with Crippen LogP contribution in [0.15, 0.2) is 42.7 Å². The Hall–Kier alpha value is -3.02. The van der Waals surface area contributed by atoms with Gasteiger partial charge in [0.25, 0.3) is 0 Å². The van der Waals surface area contributed by atoms with Crippen molar-refractivity contribution in [2.45, 2.75) is 0 Å². The summed E-state index contributed by atoms with van der Waals surface area (Å²) in [5.41, 5.74) is -0.754. The van der Waals surface area contributed by atoms with E-state index in [-0.39, 0.29) is 20.8 Å². The van der Waals surface area contributed by atoms with Crippen molar-refractivity contribution in [1.29, 1.82) is 0 Å². The van der Waals surface area contributed by atoms with Crippen molar-refractivity contribution in [2.75, 3.05) is 0 Å². The summed E-state index contributed by atoms with van der Waals surface area (Å²) in [6.07, 6.45) is 0. The number of benzene rings is 5. The Labute approximate surface area is 208 Å². The van der Waals surface area contributed by atoms with Crippen LogP contribution in [0, 0.1) is 0 Å². The van der Waals surface area contributed by atoms with Crippen molar-refractivity contribution in [2.24, 2.45) is 0 Å². The molecule has 0 spiro atoms. The SMILES string of the molecule is C=c1oc(=C)c2cc(Cl)c3c4c(Cl)cc5c(=O)oc(=O)c6cc(Cl)c(c7c(Cl)cc1c2c73)c4c65. The predicted molar refractivity (Wildman–Crippen MR) is 141 cm³/mol. The normalized spacial score (nSPS) is 12.6. The van der Waals surface area contributed by atoms with Gasteiger partial charge in [-0.15, -0.1) is 0 Å². The van der Waals surface area contributed by atoms with E-state index in [1.165, 1.54) is 12.1 Å². The van der Waals surface area contributed by atoms with Gasteiger partial charge in [-0.05, 0) is 24.3 Å². The van der Waals surface area contributed by atoms with Gasteiger partial charge in [-0.2, -0.15) is 0 Å². The highest BCUT2D eigenvalue weighted by Gasteiger charge is 2.27. The Balaban J connectivity index is 2.05. The third-order valence-electron chi connectivity index (χ3n) is 6.59. The van der Waals surface area contributed by atoms with Crippen LogP contribution in [0.4, 0.5) is 0 Å². The molecule has 0 aliphatic rings. The maximum Gasteiger partial charge on any atom is 0.346 e. The maximum absolute atomic E-state index is 12.6. The van der Waals surface area contributed by atoms with Crippen LogP contribution < -0.4 is 22.1 Å². The maximum atomic E-state index is 12.6. The minimum Gasteiger partial charge on any atom is -0.457 e. The molecule has 2 heterocycles. The minimum absolute atomic E-state index is 0.174. The molecule has 8 heteroatoms. The average molecular weight is 526 g/mol. The van der Waals surface area contributed by atoms with Crippen LogP contribution in [0.2, 0.25) is 20.1 Å². The summed E-state index contributed by atoms with van der Waals surface area (Å²) in [4.78, 5) is 25.2. The summed E-state index contributed by atoms with van der Waals surface area (Å²) in [6.45, 7) is 8.03. The Morgan fingerprint density at radius 3 is 1.18 bits per heavy atom. The molecule has 5 aromatic carbocycles. The molecule has 0 saturated heterocycles. The van der Waals surface area contributed by atoms with E-state index in [4.69, 9.17) is 55.2 Å². The van der Waals surface area contributed by atoms with Gasteiger partial charge in [0, 0.05) is 74.0 Å². The fourth-order valence-corrected chi connectivity index (χ4v) is 6.53. The molecule has 0 saturated carbocycles. The molecule has 2 aromatic heterocycles. The van der Waals surface area contributed by atoms with Crippen LogP contribution in [0.25, 0.3) is 77.8 Å². The molecule has 34 heavy (non-hydrogen) atoms. The van der Waals surface area contributed by atoms with Gasteiger partial charge in [0.15, 0.2) is 0 Å². The second-order valence-corrected chi connectivity index (χ2v) is 9.88. The standard InChI is InChI=1S/C26H8Cl4O4/c1-7-9-3-13(27)19-21-15(29)5-11-18-12(26(32)34-25(11)31)6-16(30)22(24(18)21)20-14(28)4-10(8(2)33-7)17(9)23(19)20/h3-6H,1-2H2. The quantitative estimate of drug-likeness (QED) is 0.161. The first-order valence-corrected chi connectivity index (χ1v) is 11.5. The van der Waals surface area contributed by atoms with Gasteiger partial charge in [-0.3, -0.25) is 0 Å². The lowest BCUT2D eigenvalue weighted by molar-refractivity contribution is 0.489. The lowest BCUT2D eigenvalue weighted by Crippen LogP contribution is -2.13.